The van der Waals surface area contributed by atoms with Gasteiger partial charge in [0.25, 0.3) is 0 Å². The molecule has 0 spiro atoms. The van der Waals surface area contributed by atoms with Gasteiger partial charge in [0.15, 0.2) is 0 Å². The number of carbonyl (C=O) groups is 1. The number of ether oxygens (including phenoxy) is 1. The fourth-order valence-electron chi connectivity index (χ4n) is 2.89. The van der Waals surface area contributed by atoms with Crippen LogP contribution in [0.1, 0.15) is 11.1 Å². The molecule has 146 valence electrons. The van der Waals surface area contributed by atoms with Crippen molar-refractivity contribution in [2.75, 3.05) is 0 Å². The standard InChI is InChI=1S/C21H14F3N3O2/c1-2-19(28)27-12-14-10-17(20-16(18(14)11-25)4-3-9-26-20)13-5-7-15(8-6-13)29-21(22,23)24/h2-10H,1,12H2,(H,27,28). The van der Waals surface area contributed by atoms with Crippen LogP contribution in [-0.4, -0.2) is 17.3 Å². The molecule has 1 amide bonds. The molecule has 5 nitrogen and oxygen atoms in total. The zero-order chi connectivity index (χ0) is 21.0. The molecule has 0 radical (unpaired) electrons. The lowest BCUT2D eigenvalue weighted by molar-refractivity contribution is -0.274. The first-order valence-electron chi connectivity index (χ1n) is 8.39. The third kappa shape index (κ3) is 4.52. The quantitative estimate of drug-likeness (QED) is 0.645. The molecule has 0 saturated carbocycles. The third-order valence-electron chi connectivity index (χ3n) is 4.12. The number of alkyl halides is 3. The number of fused-ring (bicyclic) bond motifs is 1. The van der Waals surface area contributed by atoms with Gasteiger partial charge in [-0.3, -0.25) is 9.78 Å². The predicted octanol–water partition coefficient (Wildman–Crippen LogP) is 4.47. The number of nitriles is 1. The van der Waals surface area contributed by atoms with Crippen molar-refractivity contribution >= 4 is 16.8 Å². The molecule has 8 heteroatoms. The van der Waals surface area contributed by atoms with Crippen molar-refractivity contribution in [1.82, 2.24) is 10.3 Å². The smallest absolute Gasteiger partial charge is 0.406 e. The second-order valence-electron chi connectivity index (χ2n) is 5.96. The van der Waals surface area contributed by atoms with Crippen LogP contribution in [0.3, 0.4) is 0 Å². The number of aromatic nitrogens is 1. The van der Waals surface area contributed by atoms with Gasteiger partial charge >= 0.3 is 6.36 Å². The number of benzene rings is 2. The van der Waals surface area contributed by atoms with Crippen molar-refractivity contribution in [3.8, 4) is 22.9 Å². The third-order valence-corrected chi connectivity index (χ3v) is 4.12. The van der Waals surface area contributed by atoms with Crippen LogP contribution in [0.5, 0.6) is 5.75 Å². The van der Waals surface area contributed by atoms with E-state index in [9.17, 15) is 23.2 Å². The van der Waals surface area contributed by atoms with Crippen molar-refractivity contribution in [2.24, 2.45) is 0 Å². The molecule has 0 aliphatic carbocycles. The van der Waals surface area contributed by atoms with E-state index >= 15 is 0 Å². The van der Waals surface area contributed by atoms with Crippen LogP contribution in [0.25, 0.3) is 22.0 Å². The first-order valence-corrected chi connectivity index (χ1v) is 8.39. The van der Waals surface area contributed by atoms with Crippen molar-refractivity contribution in [2.45, 2.75) is 12.9 Å². The summed E-state index contributed by atoms with van der Waals surface area (Å²) in [5, 5.41) is 12.8. The van der Waals surface area contributed by atoms with Gasteiger partial charge in [-0.05, 0) is 47.5 Å². The molecule has 0 aliphatic rings. The highest BCUT2D eigenvalue weighted by Crippen LogP contribution is 2.33. The molecule has 29 heavy (non-hydrogen) atoms. The van der Waals surface area contributed by atoms with Gasteiger partial charge in [0, 0.05) is 23.7 Å². The zero-order valence-electron chi connectivity index (χ0n) is 15.0. The number of amides is 1. The first kappa shape index (κ1) is 19.9. The molecule has 0 unspecified atom stereocenters. The number of nitrogens with zero attached hydrogens (tertiary/aromatic N) is 2. The van der Waals surface area contributed by atoms with Crippen LogP contribution in [-0.2, 0) is 11.3 Å². The number of halogens is 3. The number of nitrogens with one attached hydrogen (secondary N) is 1. The van der Waals surface area contributed by atoms with Gasteiger partial charge in [0.05, 0.1) is 11.1 Å². The van der Waals surface area contributed by atoms with Crippen LogP contribution in [0.2, 0.25) is 0 Å². The average molecular weight is 397 g/mol. The molecule has 0 bridgehead atoms. The Kier molecular flexibility index (Phi) is 5.50. The number of hydrogen-bond acceptors (Lipinski definition) is 4. The van der Waals surface area contributed by atoms with E-state index in [1.807, 2.05) is 0 Å². The Balaban J connectivity index is 2.10. The second-order valence-corrected chi connectivity index (χ2v) is 5.96. The Morgan fingerprint density at radius 3 is 2.62 bits per heavy atom. The van der Waals surface area contributed by atoms with E-state index in [2.05, 4.69) is 27.7 Å². The van der Waals surface area contributed by atoms with Gasteiger partial charge in [-0.25, -0.2) is 0 Å². The number of rotatable bonds is 5. The Hall–Kier alpha value is -3.86. The molecule has 3 rings (SSSR count). The largest absolute Gasteiger partial charge is 0.573 e. The van der Waals surface area contributed by atoms with Crippen LogP contribution in [0.4, 0.5) is 13.2 Å². The molecule has 1 aromatic heterocycles. The maximum Gasteiger partial charge on any atom is 0.573 e. The summed E-state index contributed by atoms with van der Waals surface area (Å²) in [6.45, 7) is 3.47. The highest BCUT2D eigenvalue weighted by atomic mass is 19.4. The van der Waals surface area contributed by atoms with Gasteiger partial charge in [-0.15, -0.1) is 13.2 Å². The summed E-state index contributed by atoms with van der Waals surface area (Å²) < 4.78 is 41.1. The number of carbonyl (C=O) groups excluding carboxylic acids is 1. The molecule has 1 N–H and O–H groups in total. The molecule has 1 heterocycles. The maximum absolute atomic E-state index is 12.4. The summed E-state index contributed by atoms with van der Waals surface area (Å²) in [4.78, 5) is 15.9. The Morgan fingerprint density at radius 1 is 1.28 bits per heavy atom. The summed E-state index contributed by atoms with van der Waals surface area (Å²) in [7, 11) is 0. The summed E-state index contributed by atoms with van der Waals surface area (Å²) in [5.41, 5.74) is 2.63. The Labute approximate surface area is 164 Å². The van der Waals surface area contributed by atoms with Crippen molar-refractivity contribution < 1.29 is 22.7 Å². The molecule has 0 saturated heterocycles. The summed E-state index contributed by atoms with van der Waals surface area (Å²) in [6, 6.07) is 12.6. The van der Waals surface area contributed by atoms with E-state index < -0.39 is 12.3 Å². The Morgan fingerprint density at radius 2 is 2.00 bits per heavy atom. The van der Waals surface area contributed by atoms with Crippen LogP contribution < -0.4 is 10.1 Å². The minimum Gasteiger partial charge on any atom is -0.406 e. The minimum absolute atomic E-state index is 0.0842. The van der Waals surface area contributed by atoms with E-state index in [0.29, 0.717) is 33.2 Å². The summed E-state index contributed by atoms with van der Waals surface area (Å²) in [5.74, 6) is -0.735. The Bertz CT molecular complexity index is 1120. The number of hydrogen-bond donors (Lipinski definition) is 1. The molecular weight excluding hydrogens is 383 g/mol. The average Bonchev–Trinajstić information content (AvgIpc) is 2.70. The molecule has 3 aromatic rings. The van der Waals surface area contributed by atoms with E-state index in [4.69, 9.17) is 0 Å². The molecule has 2 aromatic carbocycles. The lowest BCUT2D eigenvalue weighted by Crippen LogP contribution is -2.20. The van der Waals surface area contributed by atoms with Gasteiger partial charge in [0.1, 0.15) is 11.8 Å². The highest BCUT2D eigenvalue weighted by Gasteiger charge is 2.31. The topological polar surface area (TPSA) is 75.0 Å². The molecule has 0 fully saturated rings. The van der Waals surface area contributed by atoms with Crippen molar-refractivity contribution in [1.29, 1.82) is 5.26 Å². The van der Waals surface area contributed by atoms with E-state index in [-0.39, 0.29) is 12.3 Å². The van der Waals surface area contributed by atoms with E-state index in [1.165, 1.54) is 24.3 Å². The first-order chi connectivity index (χ1) is 13.8. The number of pyridine rings is 1. The van der Waals surface area contributed by atoms with Crippen molar-refractivity contribution in [3.05, 3.63) is 72.4 Å². The zero-order valence-corrected chi connectivity index (χ0v) is 15.0. The normalized spacial score (nSPS) is 11.0. The molecular formula is C21H14F3N3O2. The van der Waals surface area contributed by atoms with Crippen molar-refractivity contribution in [3.63, 3.8) is 0 Å². The van der Waals surface area contributed by atoms with E-state index in [0.717, 1.165) is 6.08 Å². The van der Waals surface area contributed by atoms with Gasteiger partial charge in [-0.2, -0.15) is 5.26 Å². The fraction of sp³-hybridized carbons (Fsp3) is 0.0952. The van der Waals surface area contributed by atoms with Gasteiger partial charge < -0.3 is 10.1 Å². The van der Waals surface area contributed by atoms with Crippen LogP contribution >= 0.6 is 0 Å². The molecule has 0 aliphatic heterocycles. The lowest BCUT2D eigenvalue weighted by Gasteiger charge is -2.14. The molecule has 0 atom stereocenters. The minimum atomic E-state index is -4.78. The predicted molar refractivity (Wildman–Crippen MR) is 101 cm³/mol. The summed E-state index contributed by atoms with van der Waals surface area (Å²) >= 11 is 0. The lowest BCUT2D eigenvalue weighted by atomic mass is 9.94. The maximum atomic E-state index is 12.4. The van der Waals surface area contributed by atoms with E-state index in [1.54, 1.807) is 24.4 Å². The van der Waals surface area contributed by atoms with Crippen LogP contribution in [0, 0.1) is 11.3 Å². The monoisotopic (exact) mass is 397 g/mol. The van der Waals surface area contributed by atoms with Gasteiger partial charge in [-0.1, -0.05) is 18.7 Å². The fourth-order valence-corrected chi connectivity index (χ4v) is 2.89. The second kappa shape index (κ2) is 8.02. The SMILES string of the molecule is C=CC(=O)NCc1cc(-c2ccc(OC(F)(F)F)cc2)c2ncccc2c1C#N. The van der Waals surface area contributed by atoms with Crippen LogP contribution in [0.15, 0.2) is 61.3 Å². The summed E-state index contributed by atoms with van der Waals surface area (Å²) in [6.07, 6.45) is -2.09. The highest BCUT2D eigenvalue weighted by molar-refractivity contribution is 5.98. The van der Waals surface area contributed by atoms with Gasteiger partial charge in [0.2, 0.25) is 5.91 Å².